The number of hydrogen-bond donors (Lipinski definition) is 2. The summed E-state index contributed by atoms with van der Waals surface area (Å²) in [6.07, 6.45) is 1.75. The fraction of sp³-hybridized carbons (Fsp3) is 0.583. The van der Waals surface area contributed by atoms with E-state index in [1.807, 2.05) is 27.7 Å². The molecule has 0 bridgehead atoms. The summed E-state index contributed by atoms with van der Waals surface area (Å²) in [7, 11) is 0. The minimum atomic E-state index is -0.0432. The predicted octanol–water partition coefficient (Wildman–Crippen LogP) is 1.30. The lowest BCUT2D eigenvalue weighted by molar-refractivity contribution is 0.314. The van der Waals surface area contributed by atoms with E-state index in [0.717, 1.165) is 23.8 Å². The minimum absolute atomic E-state index is 0.0432. The summed E-state index contributed by atoms with van der Waals surface area (Å²) in [5, 5.41) is 11.7. The predicted molar refractivity (Wildman–Crippen MR) is 72.0 cm³/mol. The van der Waals surface area contributed by atoms with Gasteiger partial charge in [0.25, 0.3) is 0 Å². The largest absolute Gasteiger partial charge is 0.409 e. The van der Waals surface area contributed by atoms with Crippen molar-refractivity contribution >= 4 is 11.7 Å². The van der Waals surface area contributed by atoms with Crippen LogP contribution in [0.3, 0.4) is 0 Å². The fourth-order valence-electron chi connectivity index (χ4n) is 1.59. The lowest BCUT2D eigenvalue weighted by atomic mass is 10.1. The molecule has 0 aliphatic heterocycles. The molecule has 1 rings (SSSR count). The van der Waals surface area contributed by atoms with Crippen LogP contribution >= 0.6 is 0 Å². The molecule has 0 radical (unpaired) electrons. The summed E-state index contributed by atoms with van der Waals surface area (Å²) in [6.45, 7) is 9.25. The van der Waals surface area contributed by atoms with Crippen LogP contribution in [0.25, 0.3) is 0 Å². The quantitative estimate of drug-likeness (QED) is 0.356. The molecule has 6 heteroatoms. The number of anilines is 1. The van der Waals surface area contributed by atoms with Crippen molar-refractivity contribution in [2.45, 2.75) is 27.7 Å². The Balaban J connectivity index is 2.86. The monoisotopic (exact) mass is 251 g/mol. The van der Waals surface area contributed by atoms with Crippen LogP contribution in [0.2, 0.25) is 0 Å². The van der Waals surface area contributed by atoms with E-state index < -0.39 is 0 Å². The Hall–Kier alpha value is -1.85. The van der Waals surface area contributed by atoms with Gasteiger partial charge < -0.3 is 15.8 Å². The van der Waals surface area contributed by atoms with Gasteiger partial charge in [0.1, 0.15) is 11.7 Å². The average Bonchev–Trinajstić information content (AvgIpc) is 2.38. The number of oxime groups is 1. The van der Waals surface area contributed by atoms with Crippen molar-refractivity contribution in [2.24, 2.45) is 16.8 Å². The minimum Gasteiger partial charge on any atom is -0.409 e. The van der Waals surface area contributed by atoms with Crippen LogP contribution < -0.4 is 10.6 Å². The molecule has 18 heavy (non-hydrogen) atoms. The summed E-state index contributed by atoms with van der Waals surface area (Å²) in [5.74, 6) is 1.00. The van der Waals surface area contributed by atoms with Crippen molar-refractivity contribution in [1.29, 1.82) is 0 Å². The molecule has 0 aliphatic carbocycles. The first kappa shape index (κ1) is 14.2. The molecule has 1 aromatic heterocycles. The maximum Gasteiger partial charge on any atom is 0.147 e. The van der Waals surface area contributed by atoms with Crippen molar-refractivity contribution in [3.05, 3.63) is 17.6 Å². The first-order chi connectivity index (χ1) is 8.49. The number of nitrogens with zero attached hydrogens (tertiary/aromatic N) is 4. The summed E-state index contributed by atoms with van der Waals surface area (Å²) in [4.78, 5) is 10.9. The molecule has 1 aromatic rings. The Bertz CT molecular complexity index is 432. The normalized spacial score (nSPS) is 13.4. The zero-order valence-electron chi connectivity index (χ0n) is 11.4. The zero-order valence-corrected chi connectivity index (χ0v) is 11.4. The molecule has 6 nitrogen and oxygen atoms in total. The van der Waals surface area contributed by atoms with Gasteiger partial charge >= 0.3 is 0 Å². The third-order valence-electron chi connectivity index (χ3n) is 3.00. The van der Waals surface area contributed by atoms with E-state index in [1.165, 1.54) is 0 Å². The molecule has 0 fully saturated rings. The highest BCUT2D eigenvalue weighted by molar-refractivity contribution is 5.82. The van der Waals surface area contributed by atoms with Gasteiger partial charge in [-0.1, -0.05) is 12.1 Å². The molecule has 0 spiro atoms. The van der Waals surface area contributed by atoms with E-state index in [0.29, 0.717) is 6.54 Å². The van der Waals surface area contributed by atoms with Crippen molar-refractivity contribution < 1.29 is 5.21 Å². The topological polar surface area (TPSA) is 87.6 Å². The van der Waals surface area contributed by atoms with E-state index in [2.05, 4.69) is 20.0 Å². The molecule has 0 saturated carbocycles. The number of aryl methyl sites for hydroxylation is 2. The van der Waals surface area contributed by atoms with Gasteiger partial charge in [0.15, 0.2) is 0 Å². The zero-order chi connectivity index (χ0) is 13.7. The van der Waals surface area contributed by atoms with Gasteiger partial charge in [-0.15, -0.1) is 0 Å². The highest BCUT2D eigenvalue weighted by Crippen LogP contribution is 2.13. The van der Waals surface area contributed by atoms with E-state index in [-0.39, 0.29) is 11.8 Å². The van der Waals surface area contributed by atoms with Crippen molar-refractivity contribution in [1.82, 2.24) is 9.97 Å². The molecule has 3 N–H and O–H groups in total. The SMILES string of the molecule is CCN(CC(C)C(N)=NO)c1cnc(C)c(C)n1. The molecule has 1 atom stereocenters. The molecular weight excluding hydrogens is 230 g/mol. The molecular formula is C12H21N5O. The van der Waals surface area contributed by atoms with Gasteiger partial charge in [0.05, 0.1) is 17.6 Å². The molecule has 1 unspecified atom stereocenters. The second kappa shape index (κ2) is 6.18. The van der Waals surface area contributed by atoms with Crippen molar-refractivity contribution in [3.63, 3.8) is 0 Å². The maximum absolute atomic E-state index is 8.66. The van der Waals surface area contributed by atoms with Gasteiger partial charge in [0, 0.05) is 19.0 Å². The lowest BCUT2D eigenvalue weighted by Crippen LogP contribution is -2.35. The van der Waals surface area contributed by atoms with E-state index in [9.17, 15) is 0 Å². The summed E-state index contributed by atoms with van der Waals surface area (Å²) in [6, 6.07) is 0. The van der Waals surface area contributed by atoms with Crippen molar-refractivity contribution in [3.8, 4) is 0 Å². The Kier molecular flexibility index (Phi) is 4.88. The van der Waals surface area contributed by atoms with Crippen molar-refractivity contribution in [2.75, 3.05) is 18.0 Å². The number of hydrogen-bond acceptors (Lipinski definition) is 5. The third kappa shape index (κ3) is 3.32. The number of nitrogens with two attached hydrogens (primary N) is 1. The molecule has 0 aromatic carbocycles. The summed E-state index contributed by atoms with van der Waals surface area (Å²) in [5.41, 5.74) is 7.44. The molecule has 0 aliphatic rings. The molecule has 0 saturated heterocycles. The van der Waals surface area contributed by atoms with Crippen LogP contribution in [0.5, 0.6) is 0 Å². The van der Waals surface area contributed by atoms with Gasteiger partial charge in [0.2, 0.25) is 0 Å². The van der Waals surface area contributed by atoms with Crippen LogP contribution in [0.4, 0.5) is 5.82 Å². The van der Waals surface area contributed by atoms with Crippen LogP contribution in [-0.4, -0.2) is 34.1 Å². The Morgan fingerprint density at radius 3 is 2.67 bits per heavy atom. The standard InChI is InChI=1S/C12H21N5O/c1-5-17(7-8(2)12(13)16-18)11-6-14-9(3)10(4)15-11/h6,8,18H,5,7H2,1-4H3,(H2,13,16). The van der Waals surface area contributed by atoms with Crippen LogP contribution in [0.15, 0.2) is 11.4 Å². The Morgan fingerprint density at radius 2 is 2.17 bits per heavy atom. The molecule has 1 heterocycles. The van der Waals surface area contributed by atoms with E-state index in [1.54, 1.807) is 6.20 Å². The van der Waals surface area contributed by atoms with E-state index >= 15 is 0 Å². The Labute approximate surface area is 108 Å². The summed E-state index contributed by atoms with van der Waals surface area (Å²) < 4.78 is 0. The van der Waals surface area contributed by atoms with Crippen LogP contribution in [-0.2, 0) is 0 Å². The fourth-order valence-corrected chi connectivity index (χ4v) is 1.59. The maximum atomic E-state index is 8.66. The highest BCUT2D eigenvalue weighted by Gasteiger charge is 2.14. The number of amidine groups is 1. The van der Waals surface area contributed by atoms with Gasteiger partial charge in [-0.25, -0.2) is 4.98 Å². The van der Waals surface area contributed by atoms with Gasteiger partial charge in [-0.2, -0.15) is 0 Å². The number of rotatable bonds is 5. The smallest absolute Gasteiger partial charge is 0.147 e. The van der Waals surface area contributed by atoms with Gasteiger partial charge in [-0.3, -0.25) is 4.98 Å². The molecule has 0 amide bonds. The second-order valence-corrected chi connectivity index (χ2v) is 4.36. The summed E-state index contributed by atoms with van der Waals surface area (Å²) >= 11 is 0. The first-order valence-electron chi connectivity index (χ1n) is 6.02. The van der Waals surface area contributed by atoms with Crippen LogP contribution in [0.1, 0.15) is 25.2 Å². The molecule has 100 valence electrons. The first-order valence-corrected chi connectivity index (χ1v) is 6.02. The third-order valence-corrected chi connectivity index (χ3v) is 3.00. The lowest BCUT2D eigenvalue weighted by Gasteiger charge is -2.25. The Morgan fingerprint density at radius 1 is 1.50 bits per heavy atom. The van der Waals surface area contributed by atoms with Crippen LogP contribution in [0, 0.1) is 19.8 Å². The highest BCUT2D eigenvalue weighted by atomic mass is 16.4. The van der Waals surface area contributed by atoms with Gasteiger partial charge in [-0.05, 0) is 20.8 Å². The van der Waals surface area contributed by atoms with E-state index in [4.69, 9.17) is 10.9 Å². The average molecular weight is 251 g/mol. The second-order valence-electron chi connectivity index (χ2n) is 4.36. The number of aromatic nitrogens is 2.